The number of hydrogen-bond donors (Lipinski definition) is 2. The average Bonchev–Trinajstić information content (AvgIpc) is 3.17. The third-order valence-corrected chi connectivity index (χ3v) is 4.03. The minimum atomic E-state index is -0.391. The van der Waals surface area contributed by atoms with Gasteiger partial charge in [0, 0.05) is 12.3 Å². The molecule has 7 nitrogen and oxygen atoms in total. The molecule has 0 saturated carbocycles. The van der Waals surface area contributed by atoms with E-state index in [1.54, 1.807) is 24.5 Å². The van der Waals surface area contributed by atoms with Crippen LogP contribution in [0.2, 0.25) is 0 Å². The molecule has 2 N–H and O–H groups in total. The number of anilines is 2. The molecule has 2 aromatic heterocycles. The molecule has 0 saturated heterocycles. The standard InChI is InChI=1S/C17H13FN4O3S/c1-26-22-15(23)7-9-2-4-13-11(6-9)19-16(24-13)21-17-20-12-8-10(18)3-5-14(12)25-17/h2-6,8H,7H2,1H3,(H,22,23)(H,19,20,21). The van der Waals surface area contributed by atoms with Gasteiger partial charge in [0.15, 0.2) is 11.2 Å². The van der Waals surface area contributed by atoms with Gasteiger partial charge in [-0.2, -0.15) is 9.97 Å². The molecule has 4 aromatic rings. The summed E-state index contributed by atoms with van der Waals surface area (Å²) in [7, 11) is 0. The molecule has 0 radical (unpaired) electrons. The number of carbonyl (C=O) groups excluding carboxylic acids is 1. The summed E-state index contributed by atoms with van der Waals surface area (Å²) in [4.78, 5) is 20.1. The Morgan fingerprint density at radius 1 is 1.08 bits per heavy atom. The van der Waals surface area contributed by atoms with Crippen molar-refractivity contribution in [1.82, 2.24) is 14.7 Å². The summed E-state index contributed by atoms with van der Waals surface area (Å²) >= 11 is 1.26. The van der Waals surface area contributed by atoms with E-state index >= 15 is 0 Å². The monoisotopic (exact) mass is 372 g/mol. The number of carbonyl (C=O) groups is 1. The highest BCUT2D eigenvalue weighted by atomic mass is 32.2. The van der Waals surface area contributed by atoms with Crippen LogP contribution in [-0.2, 0) is 11.2 Å². The number of halogens is 1. The zero-order chi connectivity index (χ0) is 18.1. The van der Waals surface area contributed by atoms with Crippen LogP contribution in [-0.4, -0.2) is 22.1 Å². The van der Waals surface area contributed by atoms with Gasteiger partial charge in [0.2, 0.25) is 5.91 Å². The van der Waals surface area contributed by atoms with Crippen LogP contribution in [0.1, 0.15) is 5.56 Å². The molecule has 2 aromatic carbocycles. The Hall–Kier alpha value is -3.07. The number of aromatic nitrogens is 2. The van der Waals surface area contributed by atoms with Gasteiger partial charge in [-0.1, -0.05) is 18.0 Å². The molecule has 0 spiro atoms. The van der Waals surface area contributed by atoms with E-state index < -0.39 is 5.82 Å². The first-order chi connectivity index (χ1) is 12.6. The van der Waals surface area contributed by atoms with Crippen LogP contribution in [0.5, 0.6) is 0 Å². The van der Waals surface area contributed by atoms with Gasteiger partial charge < -0.3 is 13.6 Å². The van der Waals surface area contributed by atoms with Gasteiger partial charge in [-0.05, 0) is 29.8 Å². The lowest BCUT2D eigenvalue weighted by atomic mass is 10.1. The fraction of sp³-hybridized carbons (Fsp3) is 0.118. The minimum absolute atomic E-state index is 0.0857. The zero-order valence-electron chi connectivity index (χ0n) is 13.6. The van der Waals surface area contributed by atoms with Crippen molar-refractivity contribution >= 4 is 52.1 Å². The van der Waals surface area contributed by atoms with Crippen molar-refractivity contribution in [1.29, 1.82) is 0 Å². The molecule has 0 bridgehead atoms. The van der Waals surface area contributed by atoms with Gasteiger partial charge in [-0.25, -0.2) is 4.39 Å². The number of nitrogens with one attached hydrogen (secondary N) is 2. The summed E-state index contributed by atoms with van der Waals surface area (Å²) in [6.07, 6.45) is 2.04. The number of fused-ring (bicyclic) bond motifs is 2. The molecular formula is C17H13FN4O3S. The number of oxazole rings is 2. The maximum Gasteiger partial charge on any atom is 0.303 e. The Morgan fingerprint density at radius 3 is 2.42 bits per heavy atom. The number of nitrogens with zero attached hydrogens (tertiary/aromatic N) is 2. The molecule has 2 heterocycles. The van der Waals surface area contributed by atoms with Crippen LogP contribution in [0.3, 0.4) is 0 Å². The van der Waals surface area contributed by atoms with Crippen molar-refractivity contribution in [2.75, 3.05) is 11.6 Å². The molecule has 26 heavy (non-hydrogen) atoms. The Labute approximate surface area is 151 Å². The molecule has 0 fully saturated rings. The Morgan fingerprint density at radius 2 is 1.73 bits per heavy atom. The van der Waals surface area contributed by atoms with E-state index in [1.165, 1.54) is 30.1 Å². The van der Waals surface area contributed by atoms with Crippen LogP contribution in [0.4, 0.5) is 16.4 Å². The summed E-state index contributed by atoms with van der Waals surface area (Å²) in [5.74, 6) is -0.477. The fourth-order valence-corrected chi connectivity index (χ4v) is 2.82. The first kappa shape index (κ1) is 16.4. The second kappa shape index (κ2) is 6.68. The van der Waals surface area contributed by atoms with E-state index in [4.69, 9.17) is 8.83 Å². The molecular weight excluding hydrogens is 359 g/mol. The minimum Gasteiger partial charge on any atom is -0.423 e. The molecule has 0 aliphatic rings. The normalized spacial score (nSPS) is 11.2. The highest BCUT2D eigenvalue weighted by molar-refractivity contribution is 7.97. The highest BCUT2D eigenvalue weighted by Crippen LogP contribution is 2.25. The SMILES string of the molecule is CSNC(=O)Cc1ccc2oc(Nc3nc4cc(F)ccc4o3)nc2c1. The number of rotatable bonds is 5. The Balaban J connectivity index is 1.57. The van der Waals surface area contributed by atoms with E-state index in [1.807, 2.05) is 0 Å². The summed E-state index contributed by atoms with van der Waals surface area (Å²) in [6, 6.07) is 9.75. The van der Waals surface area contributed by atoms with Crippen LogP contribution >= 0.6 is 11.9 Å². The maximum atomic E-state index is 13.2. The van der Waals surface area contributed by atoms with Crippen LogP contribution in [0.25, 0.3) is 22.2 Å². The van der Waals surface area contributed by atoms with E-state index in [0.29, 0.717) is 22.2 Å². The quantitative estimate of drug-likeness (QED) is 0.515. The third-order valence-electron chi connectivity index (χ3n) is 3.60. The highest BCUT2D eigenvalue weighted by Gasteiger charge is 2.12. The van der Waals surface area contributed by atoms with Crippen LogP contribution in [0, 0.1) is 5.82 Å². The largest absolute Gasteiger partial charge is 0.423 e. The number of hydrogen-bond acceptors (Lipinski definition) is 7. The molecule has 1 amide bonds. The third kappa shape index (κ3) is 3.33. The first-order valence-electron chi connectivity index (χ1n) is 7.65. The van der Waals surface area contributed by atoms with Gasteiger partial charge in [0.1, 0.15) is 16.9 Å². The Bertz CT molecular complexity index is 1110. The first-order valence-corrected chi connectivity index (χ1v) is 8.87. The molecule has 0 unspecified atom stereocenters. The lowest BCUT2D eigenvalue weighted by Gasteiger charge is -2.00. The smallest absolute Gasteiger partial charge is 0.303 e. The molecule has 132 valence electrons. The van der Waals surface area contributed by atoms with Crippen molar-refractivity contribution in [3.05, 3.63) is 47.8 Å². The van der Waals surface area contributed by atoms with E-state index in [9.17, 15) is 9.18 Å². The lowest BCUT2D eigenvalue weighted by Crippen LogP contribution is -2.17. The van der Waals surface area contributed by atoms with Gasteiger partial charge in [-0.3, -0.25) is 10.1 Å². The summed E-state index contributed by atoms with van der Waals surface area (Å²) in [5, 5.41) is 2.82. The average molecular weight is 372 g/mol. The van der Waals surface area contributed by atoms with Gasteiger partial charge >= 0.3 is 12.0 Å². The molecule has 0 aliphatic heterocycles. The summed E-state index contributed by atoms with van der Waals surface area (Å²) < 4.78 is 27.0. The van der Waals surface area contributed by atoms with Gasteiger partial charge in [0.25, 0.3) is 0 Å². The topological polar surface area (TPSA) is 93.2 Å². The van der Waals surface area contributed by atoms with Crippen molar-refractivity contribution in [2.45, 2.75) is 6.42 Å². The van der Waals surface area contributed by atoms with Crippen molar-refractivity contribution in [3.63, 3.8) is 0 Å². The van der Waals surface area contributed by atoms with Crippen LogP contribution < -0.4 is 10.0 Å². The van der Waals surface area contributed by atoms with Gasteiger partial charge in [0.05, 0.1) is 6.42 Å². The maximum absolute atomic E-state index is 13.2. The predicted octanol–water partition coefficient (Wildman–Crippen LogP) is 3.79. The summed E-state index contributed by atoms with van der Waals surface area (Å²) in [5.41, 5.74) is 2.83. The van der Waals surface area contributed by atoms with Crippen molar-refractivity contribution in [2.24, 2.45) is 0 Å². The molecule has 4 rings (SSSR count). The number of benzene rings is 2. The molecule has 0 atom stereocenters. The lowest BCUT2D eigenvalue weighted by molar-refractivity contribution is -0.118. The molecule has 9 heteroatoms. The second-order valence-electron chi connectivity index (χ2n) is 5.48. The predicted molar refractivity (Wildman–Crippen MR) is 96.6 cm³/mol. The summed E-state index contributed by atoms with van der Waals surface area (Å²) in [6.45, 7) is 0. The van der Waals surface area contributed by atoms with Crippen LogP contribution in [0.15, 0.2) is 45.2 Å². The van der Waals surface area contributed by atoms with Crippen molar-refractivity contribution in [3.8, 4) is 0 Å². The van der Waals surface area contributed by atoms with E-state index in [2.05, 4.69) is 20.0 Å². The van der Waals surface area contributed by atoms with E-state index in [-0.39, 0.29) is 24.4 Å². The zero-order valence-corrected chi connectivity index (χ0v) is 14.4. The van der Waals surface area contributed by atoms with Crippen molar-refractivity contribution < 1.29 is 18.0 Å². The van der Waals surface area contributed by atoms with Gasteiger partial charge in [-0.15, -0.1) is 0 Å². The van der Waals surface area contributed by atoms with E-state index in [0.717, 1.165) is 5.56 Å². The fourth-order valence-electron chi connectivity index (χ4n) is 2.52. The number of amides is 1. The second-order valence-corrected chi connectivity index (χ2v) is 6.10. The molecule has 0 aliphatic carbocycles. The Kier molecular flexibility index (Phi) is 4.21.